The summed E-state index contributed by atoms with van der Waals surface area (Å²) in [7, 11) is 1.94. The second kappa shape index (κ2) is 4.88. The van der Waals surface area contributed by atoms with E-state index in [0.717, 1.165) is 17.0 Å². The highest BCUT2D eigenvalue weighted by molar-refractivity contribution is 9.10. The molecular weight excluding hydrogens is 294 g/mol. The minimum absolute atomic E-state index is 0.0715. The number of nitrogens with one attached hydrogen (secondary N) is 1. The zero-order valence-electron chi connectivity index (χ0n) is 10.1. The summed E-state index contributed by atoms with van der Waals surface area (Å²) in [5, 5.41) is 3.28. The van der Waals surface area contributed by atoms with E-state index >= 15 is 0 Å². The molecule has 2 aromatic rings. The van der Waals surface area contributed by atoms with E-state index in [4.69, 9.17) is 9.15 Å². The smallest absolute Gasteiger partial charge is 0.169 e. The van der Waals surface area contributed by atoms with E-state index in [1.165, 1.54) is 16.7 Å². The second-order valence-corrected chi connectivity index (χ2v) is 5.17. The molecule has 1 aliphatic rings. The molecule has 0 saturated heterocycles. The molecule has 1 aliphatic heterocycles. The minimum Gasteiger partial charge on any atom is -0.452 e. The first-order valence-corrected chi connectivity index (χ1v) is 6.69. The summed E-state index contributed by atoms with van der Waals surface area (Å²) < 4.78 is 11.8. The van der Waals surface area contributed by atoms with Gasteiger partial charge in [-0.1, -0.05) is 18.2 Å². The highest BCUT2D eigenvalue weighted by Gasteiger charge is 2.19. The van der Waals surface area contributed by atoms with Crippen LogP contribution < -0.4 is 5.32 Å². The number of benzene rings is 1. The van der Waals surface area contributed by atoms with Crippen molar-refractivity contribution in [2.24, 2.45) is 0 Å². The molecule has 1 aromatic heterocycles. The number of fused-ring (bicyclic) bond motifs is 1. The molecule has 1 atom stereocenters. The van der Waals surface area contributed by atoms with E-state index in [0.29, 0.717) is 6.61 Å². The third-order valence-electron chi connectivity index (χ3n) is 3.25. The monoisotopic (exact) mass is 307 g/mol. The van der Waals surface area contributed by atoms with Crippen LogP contribution in [-0.4, -0.2) is 7.05 Å². The summed E-state index contributed by atoms with van der Waals surface area (Å²) in [6, 6.07) is 10.4. The lowest BCUT2D eigenvalue weighted by Gasteiger charge is -2.15. The summed E-state index contributed by atoms with van der Waals surface area (Å²) in [4.78, 5) is 0. The lowest BCUT2D eigenvalue weighted by atomic mass is 10.00. The third-order valence-corrected chi connectivity index (χ3v) is 3.67. The van der Waals surface area contributed by atoms with Gasteiger partial charge in [-0.05, 0) is 51.8 Å². The molecular formula is C14H14BrNO2. The molecule has 0 fully saturated rings. The van der Waals surface area contributed by atoms with Gasteiger partial charge < -0.3 is 14.5 Å². The van der Waals surface area contributed by atoms with Crippen LogP contribution in [0.2, 0.25) is 0 Å². The molecule has 0 aliphatic carbocycles. The van der Waals surface area contributed by atoms with Gasteiger partial charge in [0, 0.05) is 0 Å². The molecule has 1 unspecified atom stereocenters. The number of rotatable bonds is 3. The summed E-state index contributed by atoms with van der Waals surface area (Å²) in [6.45, 7) is 1.44. The Kier molecular flexibility index (Phi) is 3.24. The third kappa shape index (κ3) is 2.11. The largest absolute Gasteiger partial charge is 0.452 e. The van der Waals surface area contributed by atoms with Crippen molar-refractivity contribution in [1.82, 2.24) is 5.32 Å². The van der Waals surface area contributed by atoms with Crippen molar-refractivity contribution >= 4 is 15.9 Å². The van der Waals surface area contributed by atoms with Crippen LogP contribution in [0.15, 0.2) is 39.4 Å². The van der Waals surface area contributed by atoms with E-state index in [2.05, 4.69) is 39.4 Å². The number of hydrogen-bond donors (Lipinski definition) is 1. The first-order valence-electron chi connectivity index (χ1n) is 5.90. The molecule has 1 aromatic carbocycles. The molecule has 18 heavy (non-hydrogen) atoms. The summed E-state index contributed by atoms with van der Waals surface area (Å²) in [5.41, 5.74) is 3.76. The first kappa shape index (κ1) is 12.0. The predicted octanol–water partition coefficient (Wildman–Crippen LogP) is 3.38. The lowest BCUT2D eigenvalue weighted by molar-refractivity contribution is 0.134. The fourth-order valence-corrected chi connectivity index (χ4v) is 2.65. The molecule has 94 valence electrons. The second-order valence-electron chi connectivity index (χ2n) is 4.38. The van der Waals surface area contributed by atoms with Gasteiger partial charge in [0.15, 0.2) is 4.67 Å². The zero-order valence-corrected chi connectivity index (χ0v) is 11.7. The van der Waals surface area contributed by atoms with Crippen molar-refractivity contribution in [3.8, 4) is 0 Å². The zero-order chi connectivity index (χ0) is 12.5. The normalized spacial score (nSPS) is 15.7. The Hall–Kier alpha value is -1.10. The van der Waals surface area contributed by atoms with Gasteiger partial charge in [0.2, 0.25) is 0 Å². The molecule has 0 spiro atoms. The SMILES string of the molecule is CNC(c1ccc2c(c1)COC2)c1ccc(Br)o1. The van der Waals surface area contributed by atoms with Gasteiger partial charge in [0.05, 0.1) is 19.3 Å². The van der Waals surface area contributed by atoms with Crippen molar-refractivity contribution in [2.45, 2.75) is 19.3 Å². The molecule has 2 heterocycles. The topological polar surface area (TPSA) is 34.4 Å². The summed E-state index contributed by atoms with van der Waals surface area (Å²) in [6.07, 6.45) is 0. The summed E-state index contributed by atoms with van der Waals surface area (Å²) in [5.74, 6) is 0.906. The Labute approximate surface area is 114 Å². The Morgan fingerprint density at radius 3 is 2.72 bits per heavy atom. The Morgan fingerprint density at radius 1 is 1.17 bits per heavy atom. The van der Waals surface area contributed by atoms with E-state index in [9.17, 15) is 0 Å². The molecule has 3 rings (SSSR count). The first-order chi connectivity index (χ1) is 8.78. The quantitative estimate of drug-likeness (QED) is 0.944. The van der Waals surface area contributed by atoms with Crippen molar-refractivity contribution in [3.63, 3.8) is 0 Å². The maximum atomic E-state index is 5.63. The van der Waals surface area contributed by atoms with Crippen LogP contribution >= 0.6 is 15.9 Å². The van der Waals surface area contributed by atoms with Crippen molar-refractivity contribution in [3.05, 3.63) is 57.5 Å². The van der Waals surface area contributed by atoms with Gasteiger partial charge in [-0.15, -0.1) is 0 Å². The number of furan rings is 1. The summed E-state index contributed by atoms with van der Waals surface area (Å²) >= 11 is 3.34. The van der Waals surface area contributed by atoms with E-state index in [1.807, 2.05) is 19.2 Å². The van der Waals surface area contributed by atoms with E-state index in [1.54, 1.807) is 0 Å². The van der Waals surface area contributed by atoms with Crippen LogP contribution in [0.25, 0.3) is 0 Å². The fourth-order valence-electron chi connectivity index (χ4n) is 2.33. The number of ether oxygens (including phenoxy) is 1. The van der Waals surface area contributed by atoms with Crippen molar-refractivity contribution < 1.29 is 9.15 Å². The van der Waals surface area contributed by atoms with Crippen molar-refractivity contribution in [1.29, 1.82) is 0 Å². The van der Waals surface area contributed by atoms with E-state index in [-0.39, 0.29) is 6.04 Å². The van der Waals surface area contributed by atoms with Crippen LogP contribution in [-0.2, 0) is 18.0 Å². The van der Waals surface area contributed by atoms with Crippen LogP contribution in [0.1, 0.15) is 28.5 Å². The maximum Gasteiger partial charge on any atom is 0.169 e. The van der Waals surface area contributed by atoms with Gasteiger partial charge in [-0.2, -0.15) is 0 Å². The number of hydrogen-bond acceptors (Lipinski definition) is 3. The van der Waals surface area contributed by atoms with Gasteiger partial charge in [-0.25, -0.2) is 0 Å². The molecule has 1 N–H and O–H groups in total. The Bertz CT molecular complexity index is 565. The molecule has 0 amide bonds. The molecule has 3 nitrogen and oxygen atoms in total. The van der Waals surface area contributed by atoms with Crippen LogP contribution in [0.4, 0.5) is 0 Å². The lowest BCUT2D eigenvalue weighted by Crippen LogP contribution is -2.17. The molecule has 0 bridgehead atoms. The predicted molar refractivity (Wildman–Crippen MR) is 72.2 cm³/mol. The average Bonchev–Trinajstić information content (AvgIpc) is 2.99. The Morgan fingerprint density at radius 2 is 2.00 bits per heavy atom. The van der Waals surface area contributed by atoms with Gasteiger partial charge in [0.1, 0.15) is 5.76 Å². The van der Waals surface area contributed by atoms with E-state index < -0.39 is 0 Å². The highest BCUT2D eigenvalue weighted by atomic mass is 79.9. The molecule has 4 heteroatoms. The van der Waals surface area contributed by atoms with Crippen LogP contribution in [0.5, 0.6) is 0 Å². The van der Waals surface area contributed by atoms with Gasteiger partial charge in [0.25, 0.3) is 0 Å². The minimum atomic E-state index is 0.0715. The highest BCUT2D eigenvalue weighted by Crippen LogP contribution is 2.29. The Balaban J connectivity index is 1.96. The van der Waals surface area contributed by atoms with Crippen LogP contribution in [0, 0.1) is 0 Å². The van der Waals surface area contributed by atoms with Gasteiger partial charge >= 0.3 is 0 Å². The molecule has 0 radical (unpaired) electrons. The number of halogens is 1. The average molecular weight is 308 g/mol. The fraction of sp³-hybridized carbons (Fsp3) is 0.286. The maximum absolute atomic E-state index is 5.63. The standard InChI is InChI=1S/C14H14BrNO2/c1-16-14(12-4-5-13(15)18-12)9-2-3-10-7-17-8-11(10)6-9/h2-6,14,16H,7-8H2,1H3. The van der Waals surface area contributed by atoms with Crippen molar-refractivity contribution in [2.75, 3.05) is 7.05 Å². The van der Waals surface area contributed by atoms with Gasteiger partial charge in [-0.3, -0.25) is 0 Å². The van der Waals surface area contributed by atoms with Crippen LogP contribution in [0.3, 0.4) is 0 Å². The molecule has 0 saturated carbocycles.